The van der Waals surface area contributed by atoms with Crippen LogP contribution in [-0.2, 0) is 9.59 Å². The van der Waals surface area contributed by atoms with Crippen molar-refractivity contribution >= 4 is 17.8 Å². The van der Waals surface area contributed by atoms with Crippen LogP contribution in [0.2, 0.25) is 0 Å². The summed E-state index contributed by atoms with van der Waals surface area (Å²) in [6.45, 7) is -0.416. The number of aromatic amines is 1. The maximum Gasteiger partial charge on any atom is 0.328 e. The Morgan fingerprint density at radius 1 is 1.53 bits per heavy atom. The number of carboxylic acids is 1. The lowest BCUT2D eigenvalue weighted by Gasteiger charge is -2.31. The highest BCUT2D eigenvalue weighted by atomic mass is 16.4. The Hall–Kier alpha value is -2.45. The first-order chi connectivity index (χ1) is 8.09. The van der Waals surface area contributed by atoms with Gasteiger partial charge in [0.15, 0.2) is 5.69 Å². The third-order valence-electron chi connectivity index (χ3n) is 2.36. The van der Waals surface area contributed by atoms with E-state index in [0.29, 0.717) is 0 Å². The van der Waals surface area contributed by atoms with E-state index in [4.69, 9.17) is 5.11 Å². The second-order valence-corrected chi connectivity index (χ2v) is 3.45. The van der Waals surface area contributed by atoms with Crippen molar-refractivity contribution in [1.82, 2.24) is 25.6 Å². The zero-order valence-electron chi connectivity index (χ0n) is 8.58. The molecule has 1 atom stereocenters. The van der Waals surface area contributed by atoms with E-state index in [2.05, 4.69) is 20.7 Å². The van der Waals surface area contributed by atoms with Gasteiger partial charge in [-0.05, 0) is 0 Å². The lowest BCUT2D eigenvalue weighted by atomic mass is 10.1. The molecule has 1 aliphatic heterocycles. The molecule has 0 saturated carbocycles. The molecule has 1 saturated heterocycles. The fourth-order valence-electron chi connectivity index (χ4n) is 1.53. The number of nitrogens with zero attached hydrogens (tertiary/aromatic N) is 3. The van der Waals surface area contributed by atoms with E-state index in [1.54, 1.807) is 0 Å². The Morgan fingerprint density at radius 2 is 2.29 bits per heavy atom. The first-order valence-electron chi connectivity index (χ1n) is 4.76. The zero-order valence-corrected chi connectivity index (χ0v) is 8.58. The highest BCUT2D eigenvalue weighted by molar-refractivity contribution is 5.98. The van der Waals surface area contributed by atoms with Gasteiger partial charge in [-0.25, -0.2) is 4.79 Å². The molecular formula is C8H9N5O4. The maximum absolute atomic E-state index is 11.9. The third-order valence-corrected chi connectivity index (χ3v) is 2.36. The van der Waals surface area contributed by atoms with Crippen LogP contribution in [0.25, 0.3) is 0 Å². The molecule has 0 radical (unpaired) electrons. The monoisotopic (exact) mass is 239 g/mol. The topological polar surface area (TPSA) is 128 Å². The fraction of sp³-hybridized carbons (Fsp3) is 0.375. The number of hydrogen-bond acceptors (Lipinski definition) is 5. The summed E-state index contributed by atoms with van der Waals surface area (Å²) in [5, 5.41) is 20.6. The minimum absolute atomic E-state index is 0.0223. The fourth-order valence-corrected chi connectivity index (χ4v) is 1.53. The molecule has 90 valence electrons. The van der Waals surface area contributed by atoms with Crippen molar-refractivity contribution < 1.29 is 19.5 Å². The van der Waals surface area contributed by atoms with Crippen LogP contribution < -0.4 is 5.32 Å². The van der Waals surface area contributed by atoms with Gasteiger partial charge in [-0.3, -0.25) is 9.59 Å². The van der Waals surface area contributed by atoms with Gasteiger partial charge >= 0.3 is 5.97 Å². The van der Waals surface area contributed by atoms with E-state index in [0.717, 1.165) is 4.90 Å². The van der Waals surface area contributed by atoms with Gasteiger partial charge in [-0.15, -0.1) is 0 Å². The van der Waals surface area contributed by atoms with E-state index >= 15 is 0 Å². The molecule has 9 heteroatoms. The van der Waals surface area contributed by atoms with Gasteiger partial charge in [0.2, 0.25) is 5.91 Å². The summed E-state index contributed by atoms with van der Waals surface area (Å²) < 4.78 is 0. The summed E-state index contributed by atoms with van der Waals surface area (Å²) in [5.74, 6) is -2.22. The van der Waals surface area contributed by atoms with E-state index < -0.39 is 23.8 Å². The molecule has 2 heterocycles. The largest absolute Gasteiger partial charge is 0.480 e. The molecule has 1 unspecified atom stereocenters. The number of piperazine rings is 1. The molecule has 2 amide bonds. The maximum atomic E-state index is 11.9. The van der Waals surface area contributed by atoms with Gasteiger partial charge in [0.25, 0.3) is 5.91 Å². The molecule has 1 aliphatic rings. The predicted molar refractivity (Wildman–Crippen MR) is 51.9 cm³/mol. The van der Waals surface area contributed by atoms with Crippen molar-refractivity contribution in [3.63, 3.8) is 0 Å². The number of rotatable bonds is 2. The molecule has 9 nitrogen and oxygen atoms in total. The quantitative estimate of drug-likeness (QED) is 0.538. The number of carboxylic acid groups (broad SMARTS) is 1. The number of carbonyl (C=O) groups is 3. The Bertz CT molecular complexity index is 456. The van der Waals surface area contributed by atoms with Crippen molar-refractivity contribution in [3.8, 4) is 0 Å². The molecule has 0 aliphatic carbocycles. The van der Waals surface area contributed by atoms with Gasteiger partial charge < -0.3 is 15.3 Å². The van der Waals surface area contributed by atoms with Gasteiger partial charge in [0.05, 0.1) is 6.20 Å². The molecule has 17 heavy (non-hydrogen) atoms. The second kappa shape index (κ2) is 4.20. The third kappa shape index (κ3) is 2.07. The Balaban J connectivity index is 2.23. The highest BCUT2D eigenvalue weighted by Gasteiger charge is 2.36. The summed E-state index contributed by atoms with van der Waals surface area (Å²) in [6.07, 6.45) is 1.17. The van der Waals surface area contributed by atoms with Gasteiger partial charge in [0, 0.05) is 6.54 Å². The standard InChI is InChI=1S/C8H9N5O4/c14-6-3-13(5(2-9-6)8(16)17)7(15)4-1-10-12-11-4/h1,5H,2-3H2,(H,9,14)(H,16,17)(H,10,11,12). The Kier molecular flexibility index (Phi) is 2.73. The van der Waals surface area contributed by atoms with Gasteiger partial charge in [0.1, 0.15) is 12.6 Å². The lowest BCUT2D eigenvalue weighted by molar-refractivity contribution is -0.144. The number of amides is 2. The van der Waals surface area contributed by atoms with Crippen LogP contribution in [0.15, 0.2) is 6.20 Å². The van der Waals surface area contributed by atoms with Crippen LogP contribution in [-0.4, -0.2) is 62.3 Å². The average Bonchev–Trinajstić information content (AvgIpc) is 2.80. The molecule has 1 aromatic rings. The van der Waals surface area contributed by atoms with Crippen molar-refractivity contribution in [2.45, 2.75) is 6.04 Å². The summed E-state index contributed by atoms with van der Waals surface area (Å²) in [7, 11) is 0. The predicted octanol–water partition coefficient (Wildman–Crippen LogP) is -2.17. The van der Waals surface area contributed by atoms with E-state index in [1.807, 2.05) is 0 Å². The summed E-state index contributed by atoms with van der Waals surface area (Å²) in [4.78, 5) is 35.0. The minimum Gasteiger partial charge on any atom is -0.480 e. The normalized spacial score (nSPS) is 19.9. The summed E-state index contributed by atoms with van der Waals surface area (Å²) in [6, 6.07) is -1.09. The van der Waals surface area contributed by atoms with Crippen LogP contribution >= 0.6 is 0 Å². The Morgan fingerprint density at radius 3 is 2.88 bits per heavy atom. The number of carbonyl (C=O) groups excluding carboxylic acids is 2. The van der Waals surface area contributed by atoms with Crippen LogP contribution in [0.3, 0.4) is 0 Å². The summed E-state index contributed by atoms with van der Waals surface area (Å²) >= 11 is 0. The van der Waals surface area contributed by atoms with Gasteiger partial charge in [-0.2, -0.15) is 15.4 Å². The molecular weight excluding hydrogens is 230 g/mol. The Labute approximate surface area is 94.8 Å². The minimum atomic E-state index is -1.18. The van der Waals surface area contributed by atoms with Crippen LogP contribution in [0.5, 0.6) is 0 Å². The zero-order chi connectivity index (χ0) is 12.4. The SMILES string of the molecule is O=C1CN(C(=O)c2cn[nH]n2)C(C(=O)O)CN1. The van der Waals surface area contributed by atoms with Crippen molar-refractivity contribution in [3.05, 3.63) is 11.9 Å². The molecule has 2 rings (SSSR count). The number of aromatic nitrogens is 3. The molecule has 1 aromatic heterocycles. The molecule has 3 N–H and O–H groups in total. The van der Waals surface area contributed by atoms with Crippen LogP contribution in [0, 0.1) is 0 Å². The van der Waals surface area contributed by atoms with Crippen LogP contribution in [0.4, 0.5) is 0 Å². The lowest BCUT2D eigenvalue weighted by Crippen LogP contribution is -2.59. The number of hydrogen-bond donors (Lipinski definition) is 3. The van der Waals surface area contributed by atoms with Gasteiger partial charge in [-0.1, -0.05) is 0 Å². The first-order valence-corrected chi connectivity index (χ1v) is 4.76. The van der Waals surface area contributed by atoms with E-state index in [9.17, 15) is 14.4 Å². The van der Waals surface area contributed by atoms with E-state index in [1.165, 1.54) is 6.20 Å². The summed E-state index contributed by atoms with van der Waals surface area (Å²) in [5.41, 5.74) is -0.0223. The number of H-pyrrole nitrogens is 1. The average molecular weight is 239 g/mol. The second-order valence-electron chi connectivity index (χ2n) is 3.45. The molecule has 0 aromatic carbocycles. The molecule has 1 fully saturated rings. The van der Waals surface area contributed by atoms with Crippen LogP contribution in [0.1, 0.15) is 10.5 Å². The van der Waals surface area contributed by atoms with Crippen molar-refractivity contribution in [1.29, 1.82) is 0 Å². The van der Waals surface area contributed by atoms with Crippen molar-refractivity contribution in [2.75, 3.05) is 13.1 Å². The molecule has 0 spiro atoms. The smallest absolute Gasteiger partial charge is 0.328 e. The van der Waals surface area contributed by atoms with Crippen molar-refractivity contribution in [2.24, 2.45) is 0 Å². The van der Waals surface area contributed by atoms with E-state index in [-0.39, 0.29) is 18.8 Å². The highest BCUT2D eigenvalue weighted by Crippen LogP contribution is 2.08. The number of nitrogens with one attached hydrogen (secondary N) is 2. The molecule has 0 bridgehead atoms. The first kappa shape index (κ1) is 11.0. The number of aliphatic carboxylic acids is 1.